The number of nitrogens with one attached hydrogen (secondary N) is 2. The van der Waals surface area contributed by atoms with Crippen LogP contribution in [-0.2, 0) is 14.3 Å². The molecule has 0 saturated carbocycles. The molecule has 3 rings (SSSR count). The third-order valence-corrected chi connectivity index (χ3v) is 7.25. The molecule has 2 N–H and O–H groups in total. The average molecular weight is 588 g/mol. The van der Waals surface area contributed by atoms with Crippen molar-refractivity contribution in [1.29, 1.82) is 0 Å². The number of rotatable bonds is 12. The lowest BCUT2D eigenvalue weighted by Crippen LogP contribution is -2.55. The van der Waals surface area contributed by atoms with Crippen LogP contribution in [0.25, 0.3) is 10.8 Å². The molecule has 3 aromatic rings. The summed E-state index contributed by atoms with van der Waals surface area (Å²) in [6, 6.07) is 21.1. The Morgan fingerprint density at radius 3 is 2.02 bits per heavy atom. The van der Waals surface area contributed by atoms with E-state index in [1.54, 1.807) is 25.7 Å². The van der Waals surface area contributed by atoms with Crippen LogP contribution in [0.5, 0.6) is 0 Å². The molecule has 0 heterocycles. The number of nitrogens with zero attached hydrogens (tertiary/aromatic N) is 1. The van der Waals surface area contributed by atoms with Crippen molar-refractivity contribution in [2.24, 2.45) is 11.8 Å². The van der Waals surface area contributed by atoms with Gasteiger partial charge in [-0.25, -0.2) is 4.79 Å². The zero-order valence-corrected chi connectivity index (χ0v) is 27.0. The van der Waals surface area contributed by atoms with Crippen molar-refractivity contribution < 1.29 is 19.1 Å². The summed E-state index contributed by atoms with van der Waals surface area (Å²) in [6.45, 7) is 15.6. The van der Waals surface area contributed by atoms with Crippen LogP contribution in [0.3, 0.4) is 0 Å². The number of amides is 3. The topological polar surface area (TPSA) is 87.7 Å². The summed E-state index contributed by atoms with van der Waals surface area (Å²) in [5.74, 6) is -0.0872. The number of hydrogen-bond donors (Lipinski definition) is 2. The van der Waals surface area contributed by atoms with Crippen molar-refractivity contribution in [2.45, 2.75) is 98.4 Å². The molecule has 0 fully saturated rings. The van der Waals surface area contributed by atoms with Crippen molar-refractivity contribution in [1.82, 2.24) is 10.2 Å². The second-order valence-electron chi connectivity index (χ2n) is 13.3. The zero-order chi connectivity index (χ0) is 31.7. The third kappa shape index (κ3) is 10.1. The van der Waals surface area contributed by atoms with E-state index in [4.69, 9.17) is 4.74 Å². The van der Waals surface area contributed by atoms with E-state index >= 15 is 0 Å². The van der Waals surface area contributed by atoms with E-state index in [1.807, 2.05) is 93.6 Å². The number of benzene rings is 3. The van der Waals surface area contributed by atoms with Gasteiger partial charge in [0.15, 0.2) is 0 Å². The summed E-state index contributed by atoms with van der Waals surface area (Å²) in [4.78, 5) is 43.4. The van der Waals surface area contributed by atoms with Crippen LogP contribution in [-0.4, -0.2) is 40.5 Å². The fourth-order valence-electron chi connectivity index (χ4n) is 5.19. The van der Waals surface area contributed by atoms with E-state index in [2.05, 4.69) is 24.5 Å². The van der Waals surface area contributed by atoms with E-state index in [0.29, 0.717) is 30.0 Å². The smallest absolute Gasteiger partial charge is 0.408 e. The summed E-state index contributed by atoms with van der Waals surface area (Å²) in [6.07, 6.45) is 1.33. The standard InChI is InChI=1S/C36H49N3O4/c1-24(2)18-19-26(5)39(34(41)31(22-25(3)4)38-35(42)43-36(6,7)8)32(28-15-10-9-11-16-28)33(40)37-30-21-20-27-14-12-13-17-29(27)23-30/h9-17,20-21,23-26,31-32H,18-19,22H2,1-8H3,(H,37,40)(H,38,42). The maximum Gasteiger partial charge on any atom is 0.408 e. The Hall–Kier alpha value is -3.87. The summed E-state index contributed by atoms with van der Waals surface area (Å²) in [5, 5.41) is 8.01. The second-order valence-corrected chi connectivity index (χ2v) is 13.3. The maximum absolute atomic E-state index is 14.6. The molecule has 3 amide bonds. The molecule has 0 saturated heterocycles. The molecule has 0 aliphatic carbocycles. The van der Waals surface area contributed by atoms with Gasteiger partial charge in [-0.2, -0.15) is 0 Å². The Labute approximate surface area is 257 Å². The molecule has 3 aromatic carbocycles. The molecule has 0 aliphatic rings. The highest BCUT2D eigenvalue weighted by molar-refractivity contribution is 6.00. The van der Waals surface area contributed by atoms with Gasteiger partial charge < -0.3 is 20.3 Å². The number of fused-ring (bicyclic) bond motifs is 1. The highest BCUT2D eigenvalue weighted by Gasteiger charge is 2.39. The number of anilines is 1. The molecule has 3 atom stereocenters. The highest BCUT2D eigenvalue weighted by atomic mass is 16.6. The van der Waals surface area contributed by atoms with Crippen LogP contribution in [0.1, 0.15) is 86.3 Å². The first-order chi connectivity index (χ1) is 20.2. The minimum Gasteiger partial charge on any atom is -0.444 e. The monoisotopic (exact) mass is 587 g/mol. The fourth-order valence-corrected chi connectivity index (χ4v) is 5.19. The van der Waals surface area contributed by atoms with E-state index in [1.165, 1.54) is 0 Å². The minimum atomic E-state index is -0.919. The normalized spacial score (nSPS) is 13.8. The van der Waals surface area contributed by atoms with Gasteiger partial charge in [0, 0.05) is 11.7 Å². The van der Waals surface area contributed by atoms with Gasteiger partial charge in [0.25, 0.3) is 5.91 Å². The largest absolute Gasteiger partial charge is 0.444 e. The van der Waals surface area contributed by atoms with E-state index in [9.17, 15) is 14.4 Å². The van der Waals surface area contributed by atoms with Crippen LogP contribution in [0.4, 0.5) is 10.5 Å². The Bertz CT molecular complexity index is 1360. The molecule has 0 aliphatic heterocycles. The minimum absolute atomic E-state index is 0.110. The van der Waals surface area contributed by atoms with Gasteiger partial charge in [-0.05, 0) is 87.3 Å². The third-order valence-electron chi connectivity index (χ3n) is 7.25. The molecule has 7 nitrogen and oxygen atoms in total. The lowest BCUT2D eigenvalue weighted by Gasteiger charge is -2.39. The summed E-state index contributed by atoms with van der Waals surface area (Å²) in [7, 11) is 0. The van der Waals surface area contributed by atoms with Gasteiger partial charge in [0.05, 0.1) is 0 Å². The average Bonchev–Trinajstić information content (AvgIpc) is 2.93. The molecule has 232 valence electrons. The van der Waals surface area contributed by atoms with E-state index in [-0.39, 0.29) is 23.8 Å². The number of alkyl carbamates (subject to hydrolysis) is 1. The van der Waals surface area contributed by atoms with Crippen LogP contribution in [0.15, 0.2) is 72.8 Å². The van der Waals surface area contributed by atoms with Crippen molar-refractivity contribution in [3.63, 3.8) is 0 Å². The Morgan fingerprint density at radius 2 is 1.42 bits per heavy atom. The SMILES string of the molecule is CC(C)CCC(C)N(C(=O)C(CC(C)C)NC(=O)OC(C)(C)C)C(C(=O)Nc1ccc2ccccc2c1)c1ccccc1. The van der Waals surface area contributed by atoms with Gasteiger partial charge in [0.1, 0.15) is 17.7 Å². The highest BCUT2D eigenvalue weighted by Crippen LogP contribution is 2.30. The van der Waals surface area contributed by atoms with Crippen molar-refractivity contribution in [3.05, 3.63) is 78.4 Å². The predicted octanol–water partition coefficient (Wildman–Crippen LogP) is 8.11. The number of carbonyl (C=O) groups is 3. The zero-order valence-electron chi connectivity index (χ0n) is 27.0. The van der Waals surface area contributed by atoms with Crippen LogP contribution in [0.2, 0.25) is 0 Å². The first-order valence-corrected chi connectivity index (χ1v) is 15.4. The van der Waals surface area contributed by atoms with E-state index in [0.717, 1.165) is 17.2 Å². The van der Waals surface area contributed by atoms with E-state index < -0.39 is 23.8 Å². The van der Waals surface area contributed by atoms with Crippen molar-refractivity contribution in [3.8, 4) is 0 Å². The molecule has 0 aromatic heterocycles. The first-order valence-electron chi connectivity index (χ1n) is 15.4. The molecule has 0 bridgehead atoms. The second kappa shape index (κ2) is 15.0. The summed E-state index contributed by atoms with van der Waals surface area (Å²) >= 11 is 0. The Balaban J connectivity index is 2.06. The lowest BCUT2D eigenvalue weighted by atomic mass is 9.95. The number of ether oxygens (including phenoxy) is 1. The van der Waals surface area contributed by atoms with Gasteiger partial charge >= 0.3 is 6.09 Å². The molecule has 0 spiro atoms. The molecule has 7 heteroatoms. The molecular weight excluding hydrogens is 538 g/mol. The van der Waals surface area contributed by atoms with Gasteiger partial charge in [0.2, 0.25) is 5.91 Å². The summed E-state index contributed by atoms with van der Waals surface area (Å²) < 4.78 is 5.53. The first kappa shape index (κ1) is 33.6. The predicted molar refractivity (Wildman–Crippen MR) is 175 cm³/mol. The number of hydrogen-bond acceptors (Lipinski definition) is 4. The number of carbonyl (C=O) groups excluding carboxylic acids is 3. The lowest BCUT2D eigenvalue weighted by molar-refractivity contribution is -0.144. The Kier molecular flexibility index (Phi) is 11.8. The van der Waals surface area contributed by atoms with Crippen LogP contribution >= 0.6 is 0 Å². The Morgan fingerprint density at radius 1 is 0.791 bits per heavy atom. The van der Waals surface area contributed by atoms with Gasteiger partial charge in [-0.1, -0.05) is 88.4 Å². The quantitative estimate of drug-likeness (QED) is 0.224. The van der Waals surface area contributed by atoms with Crippen LogP contribution in [0, 0.1) is 11.8 Å². The maximum atomic E-state index is 14.6. The molecule has 0 radical (unpaired) electrons. The summed E-state index contributed by atoms with van der Waals surface area (Å²) in [5.41, 5.74) is 0.634. The molecule has 43 heavy (non-hydrogen) atoms. The fraction of sp³-hybridized carbons (Fsp3) is 0.472. The molecular formula is C36H49N3O4. The molecule has 3 unspecified atom stereocenters. The van der Waals surface area contributed by atoms with Gasteiger partial charge in [-0.3, -0.25) is 9.59 Å². The van der Waals surface area contributed by atoms with Crippen molar-refractivity contribution >= 4 is 34.4 Å². The van der Waals surface area contributed by atoms with Crippen LogP contribution < -0.4 is 10.6 Å². The van der Waals surface area contributed by atoms with Gasteiger partial charge in [-0.15, -0.1) is 0 Å². The van der Waals surface area contributed by atoms with Crippen molar-refractivity contribution in [2.75, 3.05) is 5.32 Å².